The first-order chi connectivity index (χ1) is 8.64. The minimum atomic E-state index is -0.110. The summed E-state index contributed by atoms with van der Waals surface area (Å²) in [6.45, 7) is 0. The van der Waals surface area contributed by atoms with E-state index in [0.717, 1.165) is 37.0 Å². The largest absolute Gasteiger partial charge is 0.374 e. The summed E-state index contributed by atoms with van der Waals surface area (Å²) < 4.78 is 0. The summed E-state index contributed by atoms with van der Waals surface area (Å²) in [6, 6.07) is 0. The van der Waals surface area contributed by atoms with Gasteiger partial charge in [0.15, 0.2) is 10.8 Å². The van der Waals surface area contributed by atoms with Crippen molar-refractivity contribution in [2.45, 2.75) is 38.5 Å². The fraction of sp³-hybridized carbons (Fsp3) is 0.769. The highest BCUT2D eigenvalue weighted by Crippen LogP contribution is 2.61. The molecule has 0 aliphatic heterocycles. The molecule has 0 atom stereocenters. The van der Waals surface area contributed by atoms with Crippen molar-refractivity contribution in [3.63, 3.8) is 0 Å². The van der Waals surface area contributed by atoms with Crippen molar-refractivity contribution in [3.8, 4) is 0 Å². The molecule has 5 heteroatoms. The van der Waals surface area contributed by atoms with E-state index < -0.39 is 0 Å². The molecule has 4 aliphatic carbocycles. The van der Waals surface area contributed by atoms with Gasteiger partial charge in [0.25, 0.3) is 0 Å². The van der Waals surface area contributed by atoms with Crippen LogP contribution in [-0.2, 0) is 0 Å². The van der Waals surface area contributed by atoms with Crippen molar-refractivity contribution in [3.05, 3.63) is 5.01 Å². The average Bonchev–Trinajstić information content (AvgIpc) is 2.73. The Balaban J connectivity index is 1.69. The number of nitrogens with zero attached hydrogens (tertiary/aromatic N) is 2. The molecule has 2 N–H and O–H groups in total. The van der Waals surface area contributed by atoms with Crippen molar-refractivity contribution in [1.29, 1.82) is 0 Å². The summed E-state index contributed by atoms with van der Waals surface area (Å²) in [6.07, 6.45) is 7.30. The van der Waals surface area contributed by atoms with Crippen LogP contribution in [0.4, 0.5) is 5.13 Å². The number of hydrogen-bond donors (Lipinski definition) is 1. The van der Waals surface area contributed by atoms with E-state index in [2.05, 4.69) is 10.2 Å². The standard InChI is InChI=1S/C13H17N3OS/c14-12-16-15-11(18-12)10(17)13-4-7-1-8(5-13)3-9(2-7)6-13/h7-9H,1-6H2,(H2,14,16). The molecule has 0 saturated heterocycles. The molecule has 0 radical (unpaired) electrons. The number of rotatable bonds is 2. The molecule has 4 nitrogen and oxygen atoms in total. The van der Waals surface area contributed by atoms with Crippen LogP contribution in [0.15, 0.2) is 0 Å². The van der Waals surface area contributed by atoms with Gasteiger partial charge in [-0.15, -0.1) is 10.2 Å². The molecule has 4 saturated carbocycles. The van der Waals surface area contributed by atoms with E-state index in [4.69, 9.17) is 5.73 Å². The summed E-state index contributed by atoms with van der Waals surface area (Å²) in [5, 5.41) is 8.70. The maximum atomic E-state index is 12.8. The van der Waals surface area contributed by atoms with Gasteiger partial charge < -0.3 is 5.73 Å². The molecular formula is C13H17N3OS. The van der Waals surface area contributed by atoms with Gasteiger partial charge >= 0.3 is 0 Å². The fourth-order valence-corrected chi connectivity index (χ4v) is 5.61. The van der Waals surface area contributed by atoms with Crippen LogP contribution in [0.3, 0.4) is 0 Å². The number of nitrogens with two attached hydrogens (primary N) is 1. The van der Waals surface area contributed by atoms with E-state index in [1.807, 2.05) is 0 Å². The monoisotopic (exact) mass is 263 g/mol. The summed E-state index contributed by atoms with van der Waals surface area (Å²) in [5.74, 6) is 2.58. The molecule has 4 bridgehead atoms. The van der Waals surface area contributed by atoms with Crippen LogP contribution >= 0.6 is 11.3 Å². The highest BCUT2D eigenvalue weighted by Gasteiger charge is 2.55. The second-order valence-electron chi connectivity index (χ2n) is 6.47. The van der Waals surface area contributed by atoms with E-state index in [-0.39, 0.29) is 11.2 Å². The Labute approximate surface area is 110 Å². The van der Waals surface area contributed by atoms with Gasteiger partial charge in [-0.05, 0) is 56.3 Å². The molecule has 0 aromatic carbocycles. The lowest BCUT2D eigenvalue weighted by Crippen LogP contribution is -2.50. The van der Waals surface area contributed by atoms with Gasteiger partial charge in [0.05, 0.1) is 0 Å². The first-order valence-corrected chi connectivity index (χ1v) is 7.60. The predicted molar refractivity (Wildman–Crippen MR) is 69.3 cm³/mol. The molecule has 1 heterocycles. The lowest BCUT2D eigenvalue weighted by atomic mass is 9.48. The molecule has 4 aliphatic rings. The third-order valence-electron chi connectivity index (χ3n) is 5.15. The zero-order chi connectivity index (χ0) is 12.3. The van der Waals surface area contributed by atoms with Crippen LogP contribution in [0.25, 0.3) is 0 Å². The van der Waals surface area contributed by atoms with Crippen molar-refractivity contribution in [1.82, 2.24) is 10.2 Å². The third kappa shape index (κ3) is 1.46. The SMILES string of the molecule is Nc1nnc(C(=O)C23CC4CC(CC(C4)C2)C3)s1. The summed E-state index contributed by atoms with van der Waals surface area (Å²) in [5.41, 5.74) is 5.49. The van der Waals surface area contributed by atoms with Gasteiger partial charge in [-0.2, -0.15) is 0 Å². The van der Waals surface area contributed by atoms with Gasteiger partial charge in [-0.3, -0.25) is 4.79 Å². The Kier molecular flexibility index (Phi) is 2.14. The zero-order valence-corrected chi connectivity index (χ0v) is 11.1. The van der Waals surface area contributed by atoms with Gasteiger partial charge in [0.1, 0.15) is 0 Å². The van der Waals surface area contributed by atoms with Gasteiger partial charge in [-0.25, -0.2) is 0 Å². The molecule has 0 amide bonds. The second-order valence-corrected chi connectivity index (χ2v) is 7.48. The molecule has 0 spiro atoms. The van der Waals surface area contributed by atoms with Gasteiger partial charge in [-0.1, -0.05) is 11.3 Å². The Bertz CT molecular complexity index is 475. The first kappa shape index (κ1) is 10.9. The van der Waals surface area contributed by atoms with Gasteiger partial charge in [0, 0.05) is 5.41 Å². The van der Waals surface area contributed by atoms with Crippen LogP contribution in [0, 0.1) is 23.2 Å². The highest BCUT2D eigenvalue weighted by atomic mass is 32.1. The van der Waals surface area contributed by atoms with Crippen molar-refractivity contribution >= 4 is 22.3 Å². The lowest BCUT2D eigenvalue weighted by Gasteiger charge is -2.55. The van der Waals surface area contributed by atoms with Crippen LogP contribution < -0.4 is 5.73 Å². The molecule has 0 unspecified atom stereocenters. The molecular weight excluding hydrogens is 246 g/mol. The predicted octanol–water partition coefficient (Wildman–Crippen LogP) is 2.52. The third-order valence-corrected chi connectivity index (χ3v) is 5.91. The van der Waals surface area contributed by atoms with E-state index in [9.17, 15) is 4.79 Å². The number of anilines is 1. The van der Waals surface area contributed by atoms with Gasteiger partial charge in [0.2, 0.25) is 5.13 Å². The Morgan fingerprint density at radius 2 is 1.67 bits per heavy atom. The molecule has 1 aromatic heterocycles. The number of Topliss-reactive ketones (excluding diaryl/α,β-unsaturated/α-hetero) is 1. The number of hydrogen-bond acceptors (Lipinski definition) is 5. The molecule has 96 valence electrons. The summed E-state index contributed by atoms with van der Waals surface area (Å²) in [4.78, 5) is 12.8. The first-order valence-electron chi connectivity index (χ1n) is 6.78. The van der Waals surface area contributed by atoms with E-state index in [1.165, 1.54) is 30.6 Å². The normalized spacial score (nSPS) is 41.2. The van der Waals surface area contributed by atoms with Crippen molar-refractivity contribution in [2.75, 3.05) is 5.73 Å². The second kappa shape index (κ2) is 3.53. The molecule has 5 rings (SSSR count). The Morgan fingerprint density at radius 3 is 2.11 bits per heavy atom. The smallest absolute Gasteiger partial charge is 0.203 e. The lowest BCUT2D eigenvalue weighted by molar-refractivity contribution is -0.0353. The van der Waals surface area contributed by atoms with E-state index in [0.29, 0.717) is 10.1 Å². The number of carbonyl (C=O) groups excluding carboxylic acids is 1. The topological polar surface area (TPSA) is 68.9 Å². The average molecular weight is 263 g/mol. The number of ketones is 1. The number of aromatic nitrogens is 2. The number of carbonyl (C=O) groups is 1. The van der Waals surface area contributed by atoms with Crippen LogP contribution in [0.1, 0.15) is 48.3 Å². The Morgan fingerprint density at radius 1 is 1.11 bits per heavy atom. The summed E-state index contributed by atoms with van der Waals surface area (Å²) in [7, 11) is 0. The minimum Gasteiger partial charge on any atom is -0.374 e. The minimum absolute atomic E-state index is 0.110. The van der Waals surface area contributed by atoms with Crippen LogP contribution in [-0.4, -0.2) is 16.0 Å². The number of nitrogen functional groups attached to an aromatic ring is 1. The molecule has 18 heavy (non-hydrogen) atoms. The molecule has 4 fully saturated rings. The quantitative estimate of drug-likeness (QED) is 0.832. The van der Waals surface area contributed by atoms with Crippen molar-refractivity contribution < 1.29 is 4.79 Å². The molecule has 1 aromatic rings. The maximum absolute atomic E-state index is 12.8. The fourth-order valence-electron chi connectivity index (χ4n) is 4.94. The maximum Gasteiger partial charge on any atom is 0.203 e. The summed E-state index contributed by atoms with van der Waals surface area (Å²) >= 11 is 1.25. The van der Waals surface area contributed by atoms with Crippen LogP contribution in [0.2, 0.25) is 0 Å². The zero-order valence-electron chi connectivity index (χ0n) is 10.3. The van der Waals surface area contributed by atoms with E-state index in [1.54, 1.807) is 0 Å². The Hall–Kier alpha value is -0.970. The van der Waals surface area contributed by atoms with Crippen molar-refractivity contribution in [2.24, 2.45) is 23.2 Å². The highest BCUT2D eigenvalue weighted by molar-refractivity contribution is 7.16. The van der Waals surface area contributed by atoms with Crippen LogP contribution in [0.5, 0.6) is 0 Å². The van der Waals surface area contributed by atoms with E-state index >= 15 is 0 Å².